The molecule has 0 heterocycles. The Labute approximate surface area is 129 Å². The lowest BCUT2D eigenvalue weighted by Crippen LogP contribution is -2.52. The molecule has 0 aliphatic rings. The number of carbonyl (C=O) groups excluding carboxylic acids is 2. The molecule has 0 aromatic rings. The summed E-state index contributed by atoms with van der Waals surface area (Å²) in [4.78, 5) is 23.0. The smallest absolute Gasteiger partial charge is 0.258 e. The van der Waals surface area contributed by atoms with Crippen LogP contribution in [0.2, 0.25) is 0 Å². The third kappa shape index (κ3) is 7.81. The minimum atomic E-state index is -2.08. The Morgan fingerprint density at radius 1 is 0.955 bits per heavy atom. The minimum absolute atomic E-state index is 0.125. The topological polar surface area (TPSA) is 147 Å². The van der Waals surface area contributed by atoms with Gasteiger partial charge in [0, 0.05) is 6.42 Å². The van der Waals surface area contributed by atoms with Crippen LogP contribution in [0.5, 0.6) is 0 Å². The molecule has 0 aromatic heterocycles. The highest BCUT2D eigenvalue weighted by Gasteiger charge is 2.34. The maximum atomic E-state index is 11.5. The summed E-state index contributed by atoms with van der Waals surface area (Å²) in [6, 6.07) is 0. The Morgan fingerprint density at radius 3 is 2.09 bits per heavy atom. The zero-order valence-electron chi connectivity index (χ0n) is 12.8. The Morgan fingerprint density at radius 2 is 1.55 bits per heavy atom. The van der Waals surface area contributed by atoms with E-state index < -0.39 is 42.8 Å². The van der Waals surface area contributed by atoms with E-state index in [9.17, 15) is 24.9 Å². The number of unbranched alkanes of at least 4 members (excludes halogenated alkanes) is 4. The highest BCUT2D eigenvalue weighted by Crippen LogP contribution is 2.07. The Hall–Kier alpha value is -1.06. The molecule has 4 atom stereocenters. The average Bonchev–Trinajstić information content (AvgIpc) is 2.51. The van der Waals surface area contributed by atoms with Crippen molar-refractivity contribution in [2.45, 2.75) is 69.9 Å². The summed E-state index contributed by atoms with van der Waals surface area (Å²) in [6.07, 6.45) is -2.94. The number of nitrogens with one attached hydrogen (secondary N) is 1. The number of carbonyl (C=O) groups is 2. The summed E-state index contributed by atoms with van der Waals surface area (Å²) in [5, 5.41) is 48.1. The maximum absolute atomic E-state index is 11.5. The minimum Gasteiger partial charge on any atom is -0.394 e. The summed E-state index contributed by atoms with van der Waals surface area (Å²) < 4.78 is 0. The molecule has 0 fully saturated rings. The van der Waals surface area contributed by atoms with Crippen molar-refractivity contribution >= 4 is 11.8 Å². The number of rotatable bonds is 11. The van der Waals surface area contributed by atoms with Gasteiger partial charge in [-0.2, -0.15) is 0 Å². The van der Waals surface area contributed by atoms with Crippen LogP contribution in [0.15, 0.2) is 0 Å². The first-order valence-corrected chi connectivity index (χ1v) is 7.51. The van der Waals surface area contributed by atoms with Crippen molar-refractivity contribution in [1.82, 2.24) is 5.32 Å². The van der Waals surface area contributed by atoms with Crippen molar-refractivity contribution in [3.8, 4) is 0 Å². The van der Waals surface area contributed by atoms with Gasteiger partial charge in [0.15, 0.2) is 6.10 Å². The van der Waals surface area contributed by atoms with Gasteiger partial charge in [-0.15, -0.1) is 0 Å². The van der Waals surface area contributed by atoms with E-state index in [1.807, 2.05) is 5.32 Å². The number of hydrogen-bond donors (Lipinski definition) is 6. The van der Waals surface area contributed by atoms with Crippen LogP contribution in [0.4, 0.5) is 0 Å². The Bertz CT molecular complexity index is 337. The van der Waals surface area contributed by atoms with E-state index in [1.165, 1.54) is 0 Å². The van der Waals surface area contributed by atoms with Crippen LogP contribution in [0.1, 0.15) is 45.4 Å². The number of amides is 2. The van der Waals surface area contributed by atoms with Gasteiger partial charge in [-0.3, -0.25) is 14.9 Å². The summed E-state index contributed by atoms with van der Waals surface area (Å²) >= 11 is 0. The number of aliphatic hydroxyl groups excluding tert-OH is 5. The van der Waals surface area contributed by atoms with Gasteiger partial charge in [0.05, 0.1) is 6.61 Å². The molecule has 0 aliphatic heterocycles. The van der Waals surface area contributed by atoms with E-state index >= 15 is 0 Å². The van der Waals surface area contributed by atoms with Gasteiger partial charge in [-0.25, -0.2) is 0 Å². The molecule has 0 aliphatic carbocycles. The van der Waals surface area contributed by atoms with E-state index in [0.717, 1.165) is 25.7 Å². The fourth-order valence-corrected chi connectivity index (χ4v) is 1.84. The normalized spacial score (nSPS) is 16.6. The van der Waals surface area contributed by atoms with E-state index in [4.69, 9.17) is 10.2 Å². The highest BCUT2D eigenvalue weighted by atomic mass is 16.4. The lowest BCUT2D eigenvalue weighted by molar-refractivity contribution is -0.151. The van der Waals surface area contributed by atoms with Crippen molar-refractivity contribution < 1.29 is 35.1 Å². The van der Waals surface area contributed by atoms with Gasteiger partial charge in [0.2, 0.25) is 5.91 Å². The van der Waals surface area contributed by atoms with Gasteiger partial charge < -0.3 is 25.5 Å². The Balaban J connectivity index is 4.15. The molecule has 6 N–H and O–H groups in total. The molecule has 0 rings (SSSR count). The largest absolute Gasteiger partial charge is 0.394 e. The SMILES string of the molecule is CCCCCCCC(=O)NC(=O)[C@H](O)[C@@H](O)[C@H](O)[C@H](O)CO. The van der Waals surface area contributed by atoms with Crippen LogP contribution in [-0.2, 0) is 9.59 Å². The molecule has 0 spiro atoms. The monoisotopic (exact) mass is 321 g/mol. The fraction of sp³-hybridized carbons (Fsp3) is 0.857. The van der Waals surface area contributed by atoms with Crippen LogP contribution in [0.25, 0.3) is 0 Å². The van der Waals surface area contributed by atoms with Gasteiger partial charge in [0.1, 0.15) is 18.3 Å². The first-order valence-electron chi connectivity index (χ1n) is 7.51. The lowest BCUT2D eigenvalue weighted by Gasteiger charge is -2.24. The second kappa shape index (κ2) is 11.5. The number of aliphatic hydroxyl groups is 5. The zero-order valence-corrected chi connectivity index (χ0v) is 12.8. The van der Waals surface area contributed by atoms with Crippen molar-refractivity contribution in [1.29, 1.82) is 0 Å². The molecular weight excluding hydrogens is 294 g/mol. The van der Waals surface area contributed by atoms with Gasteiger partial charge in [0.25, 0.3) is 5.91 Å². The Kier molecular flexibility index (Phi) is 10.9. The molecule has 8 heteroatoms. The molecular formula is C14H27NO7. The summed E-state index contributed by atoms with van der Waals surface area (Å²) in [6.45, 7) is 1.23. The van der Waals surface area contributed by atoms with Crippen molar-refractivity contribution in [2.24, 2.45) is 0 Å². The first kappa shape index (κ1) is 20.9. The molecule has 0 radical (unpaired) electrons. The predicted molar refractivity (Wildman–Crippen MR) is 77.6 cm³/mol. The summed E-state index contributed by atoms with van der Waals surface area (Å²) in [5.74, 6) is -1.74. The van der Waals surface area contributed by atoms with Gasteiger partial charge in [-0.05, 0) is 6.42 Å². The van der Waals surface area contributed by atoms with E-state index in [0.29, 0.717) is 6.42 Å². The molecule has 8 nitrogen and oxygen atoms in total. The van der Waals surface area contributed by atoms with E-state index in [2.05, 4.69) is 6.92 Å². The van der Waals surface area contributed by atoms with Crippen molar-refractivity contribution in [3.05, 3.63) is 0 Å². The molecule has 130 valence electrons. The first-order chi connectivity index (χ1) is 10.3. The van der Waals surface area contributed by atoms with Crippen LogP contribution < -0.4 is 5.32 Å². The molecule has 0 saturated carbocycles. The third-order valence-corrected chi connectivity index (χ3v) is 3.29. The van der Waals surface area contributed by atoms with E-state index in [1.54, 1.807) is 0 Å². The quantitative estimate of drug-likeness (QED) is 0.252. The van der Waals surface area contributed by atoms with Gasteiger partial charge >= 0.3 is 0 Å². The molecule has 22 heavy (non-hydrogen) atoms. The zero-order chi connectivity index (χ0) is 17.1. The second-order valence-corrected chi connectivity index (χ2v) is 5.25. The van der Waals surface area contributed by atoms with Crippen LogP contribution in [-0.4, -0.2) is 68.4 Å². The van der Waals surface area contributed by atoms with Gasteiger partial charge in [-0.1, -0.05) is 32.6 Å². The maximum Gasteiger partial charge on any atom is 0.258 e. The third-order valence-electron chi connectivity index (χ3n) is 3.29. The van der Waals surface area contributed by atoms with Crippen LogP contribution in [0, 0.1) is 0 Å². The van der Waals surface area contributed by atoms with Crippen molar-refractivity contribution in [2.75, 3.05) is 6.61 Å². The van der Waals surface area contributed by atoms with Crippen LogP contribution in [0.3, 0.4) is 0 Å². The molecule has 0 aromatic carbocycles. The fourth-order valence-electron chi connectivity index (χ4n) is 1.84. The molecule has 0 bridgehead atoms. The summed E-state index contributed by atoms with van der Waals surface area (Å²) in [7, 11) is 0. The van der Waals surface area contributed by atoms with Crippen molar-refractivity contribution in [3.63, 3.8) is 0 Å². The standard InChI is InChI=1S/C14H27NO7/c1-2-3-4-5-6-7-10(18)15-14(22)13(21)12(20)11(19)9(17)8-16/h9,11-13,16-17,19-21H,2-8H2,1H3,(H,15,18,22)/t9-,11-,12+,13-/m1/s1. The molecule has 2 amide bonds. The number of hydrogen-bond acceptors (Lipinski definition) is 7. The number of imide groups is 1. The lowest BCUT2D eigenvalue weighted by atomic mass is 10.0. The average molecular weight is 321 g/mol. The highest BCUT2D eigenvalue weighted by molar-refractivity contribution is 5.97. The second-order valence-electron chi connectivity index (χ2n) is 5.25. The van der Waals surface area contributed by atoms with Crippen LogP contribution >= 0.6 is 0 Å². The molecule has 0 unspecified atom stereocenters. The van der Waals surface area contributed by atoms with E-state index in [-0.39, 0.29) is 6.42 Å². The summed E-state index contributed by atoms with van der Waals surface area (Å²) in [5.41, 5.74) is 0. The molecule has 0 saturated heterocycles. The predicted octanol–water partition coefficient (Wildman–Crippen LogP) is -1.57.